The van der Waals surface area contributed by atoms with Gasteiger partial charge in [-0.3, -0.25) is 4.79 Å². The predicted molar refractivity (Wildman–Crippen MR) is 68.8 cm³/mol. The Bertz CT molecular complexity index is 420. The Labute approximate surface area is 112 Å². The molecule has 1 aliphatic carbocycles. The number of carbonyl (C=O) groups is 1. The van der Waals surface area contributed by atoms with E-state index in [2.05, 4.69) is 15.6 Å². The van der Waals surface area contributed by atoms with Crippen molar-refractivity contribution in [2.75, 3.05) is 13.2 Å². The zero-order chi connectivity index (χ0) is 13.7. The van der Waals surface area contributed by atoms with Gasteiger partial charge in [-0.1, -0.05) is 11.6 Å². The first kappa shape index (κ1) is 14.0. The van der Waals surface area contributed by atoms with Crippen molar-refractivity contribution < 1.29 is 9.90 Å². The van der Waals surface area contributed by atoms with Gasteiger partial charge in [0.2, 0.25) is 5.91 Å². The molecule has 0 saturated heterocycles. The molecular formula is C12H21N5O2. The molecule has 0 bridgehead atoms. The van der Waals surface area contributed by atoms with Crippen LogP contribution in [0.2, 0.25) is 0 Å². The SMILES string of the molecule is NCc1cn(CC(=O)NCC2CCCC2CO)nn1. The first-order valence-corrected chi connectivity index (χ1v) is 6.69. The van der Waals surface area contributed by atoms with Gasteiger partial charge in [0.15, 0.2) is 0 Å². The number of hydrogen-bond acceptors (Lipinski definition) is 5. The van der Waals surface area contributed by atoms with E-state index in [1.807, 2.05) is 0 Å². The maximum Gasteiger partial charge on any atom is 0.241 e. The first-order chi connectivity index (χ1) is 9.22. The van der Waals surface area contributed by atoms with Gasteiger partial charge in [0.05, 0.1) is 11.9 Å². The Balaban J connectivity index is 1.75. The number of nitrogens with two attached hydrogens (primary N) is 1. The maximum absolute atomic E-state index is 11.8. The third kappa shape index (κ3) is 3.74. The molecule has 0 aliphatic heterocycles. The number of amides is 1. The van der Waals surface area contributed by atoms with Crippen LogP contribution in [0.1, 0.15) is 25.0 Å². The van der Waals surface area contributed by atoms with Crippen LogP contribution in [0.15, 0.2) is 6.20 Å². The number of aromatic nitrogens is 3. The fourth-order valence-electron chi connectivity index (χ4n) is 2.58. The largest absolute Gasteiger partial charge is 0.396 e. The van der Waals surface area contributed by atoms with Crippen LogP contribution in [0.25, 0.3) is 0 Å². The average molecular weight is 267 g/mol. The third-order valence-electron chi connectivity index (χ3n) is 3.71. The van der Waals surface area contributed by atoms with Crippen molar-refractivity contribution in [2.24, 2.45) is 17.6 Å². The molecule has 2 rings (SSSR count). The zero-order valence-electron chi connectivity index (χ0n) is 11.0. The minimum absolute atomic E-state index is 0.0861. The van der Waals surface area contributed by atoms with Crippen LogP contribution in [0.5, 0.6) is 0 Å². The van der Waals surface area contributed by atoms with Gasteiger partial charge in [-0.25, -0.2) is 4.68 Å². The van der Waals surface area contributed by atoms with E-state index in [-0.39, 0.29) is 19.1 Å². The molecule has 106 valence electrons. The quantitative estimate of drug-likeness (QED) is 0.629. The molecule has 2 unspecified atom stereocenters. The van der Waals surface area contributed by atoms with Crippen LogP contribution in [-0.4, -0.2) is 39.2 Å². The maximum atomic E-state index is 11.8. The molecule has 1 fully saturated rings. The van der Waals surface area contributed by atoms with E-state index in [1.54, 1.807) is 6.20 Å². The summed E-state index contributed by atoms with van der Waals surface area (Å²) in [5.41, 5.74) is 6.10. The van der Waals surface area contributed by atoms with Gasteiger partial charge in [-0.15, -0.1) is 5.10 Å². The topological polar surface area (TPSA) is 106 Å². The van der Waals surface area contributed by atoms with Gasteiger partial charge in [0, 0.05) is 19.7 Å². The van der Waals surface area contributed by atoms with Gasteiger partial charge in [-0.05, 0) is 24.7 Å². The summed E-state index contributed by atoms with van der Waals surface area (Å²) >= 11 is 0. The standard InChI is InChI=1S/C12H21N5O2/c13-4-11-6-17(16-15-11)7-12(19)14-5-9-2-1-3-10(9)8-18/h6,9-10,18H,1-5,7-8,13H2,(H,14,19). The van der Waals surface area contributed by atoms with E-state index in [9.17, 15) is 9.90 Å². The predicted octanol–water partition coefficient (Wildman–Crippen LogP) is -0.738. The highest BCUT2D eigenvalue weighted by Gasteiger charge is 2.26. The Hall–Kier alpha value is -1.47. The molecule has 7 heteroatoms. The lowest BCUT2D eigenvalue weighted by atomic mass is 9.97. The van der Waals surface area contributed by atoms with Crippen molar-refractivity contribution in [3.8, 4) is 0 Å². The van der Waals surface area contributed by atoms with Crippen LogP contribution >= 0.6 is 0 Å². The molecule has 1 amide bonds. The van der Waals surface area contributed by atoms with Crippen molar-refractivity contribution in [3.05, 3.63) is 11.9 Å². The second-order valence-corrected chi connectivity index (χ2v) is 5.05. The van der Waals surface area contributed by atoms with Crippen molar-refractivity contribution >= 4 is 5.91 Å². The first-order valence-electron chi connectivity index (χ1n) is 6.69. The van der Waals surface area contributed by atoms with E-state index in [0.29, 0.717) is 30.6 Å². The molecule has 0 radical (unpaired) electrons. The average Bonchev–Trinajstić information content (AvgIpc) is 3.04. The molecule has 7 nitrogen and oxygen atoms in total. The van der Waals surface area contributed by atoms with Crippen LogP contribution in [0.3, 0.4) is 0 Å². The van der Waals surface area contributed by atoms with Gasteiger partial charge < -0.3 is 16.2 Å². The molecule has 4 N–H and O–H groups in total. The summed E-state index contributed by atoms with van der Waals surface area (Å²) in [6, 6.07) is 0. The molecular weight excluding hydrogens is 246 g/mol. The summed E-state index contributed by atoms with van der Waals surface area (Å²) in [6.07, 6.45) is 4.94. The Kier molecular flexibility index (Phi) is 4.86. The number of rotatable bonds is 6. The fourth-order valence-corrected chi connectivity index (χ4v) is 2.58. The van der Waals surface area contributed by atoms with Crippen molar-refractivity contribution in [3.63, 3.8) is 0 Å². The lowest BCUT2D eigenvalue weighted by molar-refractivity contribution is -0.122. The van der Waals surface area contributed by atoms with Crippen LogP contribution in [-0.2, 0) is 17.9 Å². The fraction of sp³-hybridized carbons (Fsp3) is 0.750. The number of nitrogens with one attached hydrogen (secondary N) is 1. The summed E-state index contributed by atoms with van der Waals surface area (Å²) in [5, 5.41) is 19.8. The van der Waals surface area contributed by atoms with Crippen molar-refractivity contribution in [1.29, 1.82) is 0 Å². The zero-order valence-corrected chi connectivity index (χ0v) is 11.0. The smallest absolute Gasteiger partial charge is 0.241 e. The Morgan fingerprint density at radius 1 is 1.53 bits per heavy atom. The van der Waals surface area contributed by atoms with E-state index in [1.165, 1.54) is 4.68 Å². The number of aliphatic hydroxyl groups is 1. The van der Waals surface area contributed by atoms with Gasteiger partial charge in [0.25, 0.3) is 0 Å². The van der Waals surface area contributed by atoms with E-state index >= 15 is 0 Å². The molecule has 2 atom stereocenters. The highest BCUT2D eigenvalue weighted by atomic mass is 16.3. The van der Waals surface area contributed by atoms with Crippen molar-refractivity contribution in [2.45, 2.75) is 32.4 Å². The second kappa shape index (κ2) is 6.63. The van der Waals surface area contributed by atoms with Crippen LogP contribution in [0, 0.1) is 11.8 Å². The number of nitrogens with zero attached hydrogens (tertiary/aromatic N) is 3. The lowest BCUT2D eigenvalue weighted by Crippen LogP contribution is -2.34. The van der Waals surface area contributed by atoms with Gasteiger partial charge in [0.1, 0.15) is 6.54 Å². The third-order valence-corrected chi connectivity index (χ3v) is 3.71. The molecule has 1 heterocycles. The molecule has 19 heavy (non-hydrogen) atoms. The van der Waals surface area contributed by atoms with Gasteiger partial charge >= 0.3 is 0 Å². The highest BCUT2D eigenvalue weighted by molar-refractivity contribution is 5.75. The molecule has 1 saturated carbocycles. The summed E-state index contributed by atoms with van der Waals surface area (Å²) in [6.45, 7) is 1.32. The summed E-state index contributed by atoms with van der Waals surface area (Å²) in [4.78, 5) is 11.8. The van der Waals surface area contributed by atoms with Crippen molar-refractivity contribution in [1.82, 2.24) is 20.3 Å². The molecule has 1 aromatic heterocycles. The minimum atomic E-state index is -0.0861. The summed E-state index contributed by atoms with van der Waals surface area (Å²) in [5.74, 6) is 0.636. The second-order valence-electron chi connectivity index (χ2n) is 5.05. The van der Waals surface area contributed by atoms with Crippen LogP contribution in [0.4, 0.5) is 0 Å². The normalized spacial score (nSPS) is 22.6. The Morgan fingerprint density at radius 2 is 2.32 bits per heavy atom. The lowest BCUT2D eigenvalue weighted by Gasteiger charge is -2.17. The Morgan fingerprint density at radius 3 is 3.00 bits per heavy atom. The van der Waals surface area contributed by atoms with E-state index < -0.39 is 0 Å². The van der Waals surface area contributed by atoms with E-state index in [4.69, 9.17) is 5.73 Å². The molecule has 1 aromatic rings. The number of aliphatic hydroxyl groups excluding tert-OH is 1. The molecule has 0 spiro atoms. The monoisotopic (exact) mass is 267 g/mol. The van der Waals surface area contributed by atoms with Crippen LogP contribution < -0.4 is 11.1 Å². The molecule has 0 aromatic carbocycles. The summed E-state index contributed by atoms with van der Waals surface area (Å²) < 4.78 is 1.48. The highest BCUT2D eigenvalue weighted by Crippen LogP contribution is 2.30. The van der Waals surface area contributed by atoms with E-state index in [0.717, 1.165) is 19.3 Å². The number of hydrogen-bond donors (Lipinski definition) is 3. The summed E-state index contributed by atoms with van der Waals surface area (Å²) in [7, 11) is 0. The van der Waals surface area contributed by atoms with Gasteiger partial charge in [-0.2, -0.15) is 0 Å². The number of carbonyl (C=O) groups excluding carboxylic acids is 1. The minimum Gasteiger partial charge on any atom is -0.396 e. The molecule has 1 aliphatic rings.